The van der Waals surface area contributed by atoms with Gasteiger partial charge in [-0.25, -0.2) is 27.5 Å². The van der Waals surface area contributed by atoms with Crippen LogP contribution in [0.5, 0.6) is 0 Å². The van der Waals surface area contributed by atoms with Crippen LogP contribution in [-0.2, 0) is 0 Å². The summed E-state index contributed by atoms with van der Waals surface area (Å²) in [7, 11) is 1.54. The van der Waals surface area contributed by atoms with Crippen molar-refractivity contribution in [3.05, 3.63) is 76.1 Å². The maximum absolute atomic E-state index is 14.6. The first-order valence-electron chi connectivity index (χ1n) is 12.2. The van der Waals surface area contributed by atoms with E-state index < -0.39 is 23.8 Å². The number of anilines is 1. The molecule has 2 saturated heterocycles. The maximum atomic E-state index is 14.6. The monoisotopic (exact) mass is 511 g/mol. The van der Waals surface area contributed by atoms with Crippen molar-refractivity contribution >= 4 is 24.1 Å². The van der Waals surface area contributed by atoms with E-state index >= 15 is 0 Å². The molecule has 5 rings (SSSR count). The molecule has 37 heavy (non-hydrogen) atoms. The number of imidazole rings is 1. The summed E-state index contributed by atoms with van der Waals surface area (Å²) in [6.45, 7) is 5.25. The normalized spacial score (nSPS) is 21.0. The van der Waals surface area contributed by atoms with Gasteiger partial charge >= 0.3 is 5.69 Å². The fourth-order valence-electron chi connectivity index (χ4n) is 5.24. The van der Waals surface area contributed by atoms with E-state index in [1.54, 1.807) is 41.0 Å². The van der Waals surface area contributed by atoms with Crippen molar-refractivity contribution in [3.63, 3.8) is 0 Å². The minimum absolute atomic E-state index is 0.00781. The van der Waals surface area contributed by atoms with Gasteiger partial charge in [0.05, 0.1) is 18.3 Å². The van der Waals surface area contributed by atoms with Crippen molar-refractivity contribution in [2.75, 3.05) is 31.6 Å². The van der Waals surface area contributed by atoms with Crippen LogP contribution in [0.15, 0.2) is 57.5 Å². The summed E-state index contributed by atoms with van der Waals surface area (Å²) in [6.07, 6.45) is 3.81. The van der Waals surface area contributed by atoms with Gasteiger partial charge in [-0.3, -0.25) is 14.6 Å². The Labute approximate surface area is 212 Å². The van der Waals surface area contributed by atoms with Crippen molar-refractivity contribution in [3.8, 4) is 0 Å². The summed E-state index contributed by atoms with van der Waals surface area (Å²) in [6, 6.07) is 5.77. The molecule has 0 saturated carbocycles. The van der Waals surface area contributed by atoms with E-state index in [2.05, 4.69) is 22.0 Å². The highest BCUT2D eigenvalue weighted by Gasteiger charge is 2.36. The van der Waals surface area contributed by atoms with Crippen molar-refractivity contribution in [1.82, 2.24) is 19.4 Å². The highest BCUT2D eigenvalue weighted by molar-refractivity contribution is 6.03. The Bertz CT molecular complexity index is 1390. The van der Waals surface area contributed by atoms with Gasteiger partial charge in [0.1, 0.15) is 29.3 Å². The third-order valence-corrected chi connectivity index (χ3v) is 7.05. The Morgan fingerprint density at radius 3 is 2.68 bits per heavy atom. The molecule has 2 aliphatic heterocycles. The Morgan fingerprint density at radius 2 is 1.95 bits per heavy atom. The molecule has 1 N–H and O–H groups in total. The third-order valence-electron chi connectivity index (χ3n) is 7.05. The second kappa shape index (κ2) is 10.3. The number of aromatic nitrogens is 3. The summed E-state index contributed by atoms with van der Waals surface area (Å²) in [5.41, 5.74) is 0.477. The largest absolute Gasteiger partial charge is 0.346 e. The van der Waals surface area contributed by atoms with E-state index in [-0.39, 0.29) is 41.8 Å². The molecule has 2 fully saturated rings. The standard InChI is InChI=1S/C26H28F3N7O/c1-30-21-5-6-23(36-15-17(28)14-22(36)19-13-16(27)3-4-20(19)29)33-24(21)25(31-2)35-12-11-34(26(35)37)18-7-9-32-10-8-18/h3-6,11-13,17-18,22,32H,1,7-10,14-15H2,2H3/b31-25+/t17-,22+/m0/s1. The predicted octanol–water partition coefficient (Wildman–Crippen LogP) is 3.79. The number of aliphatic imine (C=N–C) groups is 2. The zero-order valence-corrected chi connectivity index (χ0v) is 20.4. The fraction of sp³-hybridized carbons (Fsp3) is 0.385. The van der Waals surface area contributed by atoms with Gasteiger partial charge in [0.25, 0.3) is 0 Å². The molecule has 2 atom stereocenters. The number of benzene rings is 1. The van der Waals surface area contributed by atoms with E-state index in [9.17, 15) is 18.0 Å². The molecule has 0 spiro atoms. The number of alkyl halides is 1. The van der Waals surface area contributed by atoms with Gasteiger partial charge in [-0.1, -0.05) is 0 Å². The zero-order valence-electron chi connectivity index (χ0n) is 20.4. The second-order valence-electron chi connectivity index (χ2n) is 9.25. The lowest BCUT2D eigenvalue weighted by Gasteiger charge is -2.27. The molecule has 0 unspecified atom stereocenters. The average Bonchev–Trinajstić information content (AvgIpc) is 3.49. The smallest absolute Gasteiger partial charge is 0.334 e. The van der Waals surface area contributed by atoms with Crippen molar-refractivity contribution in [1.29, 1.82) is 0 Å². The molecule has 2 aromatic heterocycles. The van der Waals surface area contributed by atoms with E-state index in [0.29, 0.717) is 11.5 Å². The SMILES string of the molecule is C=Nc1ccc(N2C[C@@H](F)C[C@@H]2c2cc(F)ccc2F)nc1/C(=N\C)n1ccn(C2CCNCC2)c1=O. The van der Waals surface area contributed by atoms with Crippen molar-refractivity contribution in [2.24, 2.45) is 9.98 Å². The van der Waals surface area contributed by atoms with Gasteiger partial charge in [-0.2, -0.15) is 0 Å². The summed E-state index contributed by atoms with van der Waals surface area (Å²) in [5.74, 6) is -0.622. The number of nitrogens with zero attached hydrogens (tertiary/aromatic N) is 6. The number of nitrogens with one attached hydrogen (secondary N) is 1. The molecule has 2 aliphatic rings. The minimum atomic E-state index is -1.25. The van der Waals surface area contributed by atoms with Gasteiger partial charge < -0.3 is 10.2 Å². The highest BCUT2D eigenvalue weighted by atomic mass is 19.1. The van der Waals surface area contributed by atoms with Crippen molar-refractivity contribution < 1.29 is 13.2 Å². The van der Waals surface area contributed by atoms with Crippen LogP contribution >= 0.6 is 0 Å². The minimum Gasteiger partial charge on any atom is -0.346 e. The third kappa shape index (κ3) is 4.71. The maximum Gasteiger partial charge on any atom is 0.334 e. The molecule has 4 heterocycles. The van der Waals surface area contributed by atoms with Crippen LogP contribution in [0.1, 0.15) is 42.6 Å². The lowest BCUT2D eigenvalue weighted by molar-refractivity contribution is 0.355. The topological polar surface area (TPSA) is 79.8 Å². The first kappa shape index (κ1) is 24.9. The number of halogens is 3. The molecule has 0 radical (unpaired) electrons. The van der Waals surface area contributed by atoms with Crippen LogP contribution in [0.3, 0.4) is 0 Å². The van der Waals surface area contributed by atoms with E-state index in [1.807, 2.05) is 0 Å². The fourth-order valence-corrected chi connectivity index (χ4v) is 5.24. The first-order valence-corrected chi connectivity index (χ1v) is 12.2. The van der Waals surface area contributed by atoms with E-state index in [1.165, 1.54) is 4.57 Å². The van der Waals surface area contributed by atoms with Gasteiger partial charge in [-0.05, 0) is 63.0 Å². The van der Waals surface area contributed by atoms with Crippen LogP contribution in [0, 0.1) is 11.6 Å². The number of rotatable bonds is 5. The molecule has 3 aromatic rings. The highest BCUT2D eigenvalue weighted by Crippen LogP contribution is 2.39. The van der Waals surface area contributed by atoms with Crippen LogP contribution < -0.4 is 15.9 Å². The van der Waals surface area contributed by atoms with Gasteiger partial charge in [0.15, 0.2) is 5.84 Å². The second-order valence-corrected chi connectivity index (χ2v) is 9.25. The summed E-state index contributed by atoms with van der Waals surface area (Å²) >= 11 is 0. The molecule has 11 heteroatoms. The van der Waals surface area contributed by atoms with Gasteiger partial charge in [-0.15, -0.1) is 0 Å². The molecule has 194 valence electrons. The average molecular weight is 512 g/mol. The van der Waals surface area contributed by atoms with Crippen LogP contribution in [0.4, 0.5) is 24.7 Å². The van der Waals surface area contributed by atoms with Crippen LogP contribution in [0.25, 0.3) is 0 Å². The van der Waals surface area contributed by atoms with E-state index in [4.69, 9.17) is 4.98 Å². The Kier molecular flexibility index (Phi) is 6.96. The van der Waals surface area contributed by atoms with E-state index in [0.717, 1.165) is 44.1 Å². The molecule has 0 bridgehead atoms. The number of hydrogen-bond donors (Lipinski definition) is 1. The van der Waals surface area contributed by atoms with Crippen molar-refractivity contribution in [2.45, 2.75) is 37.5 Å². The molecule has 0 amide bonds. The van der Waals surface area contributed by atoms with Crippen LogP contribution in [-0.4, -0.2) is 59.5 Å². The molecular weight excluding hydrogens is 483 g/mol. The Hall–Kier alpha value is -3.73. The Morgan fingerprint density at radius 1 is 1.16 bits per heavy atom. The van der Waals surface area contributed by atoms with Gasteiger partial charge in [0.2, 0.25) is 0 Å². The lowest BCUT2D eigenvalue weighted by atomic mass is 10.0. The first-order chi connectivity index (χ1) is 17.9. The van der Waals surface area contributed by atoms with Gasteiger partial charge in [0, 0.05) is 37.5 Å². The lowest BCUT2D eigenvalue weighted by Crippen LogP contribution is -2.36. The summed E-state index contributed by atoms with van der Waals surface area (Å²) < 4.78 is 46.3. The predicted molar refractivity (Wildman–Crippen MR) is 137 cm³/mol. The molecule has 0 aliphatic carbocycles. The zero-order chi connectivity index (χ0) is 26.1. The quantitative estimate of drug-likeness (QED) is 0.418. The number of pyridine rings is 1. The number of piperidine rings is 1. The molecule has 8 nitrogen and oxygen atoms in total. The Balaban J connectivity index is 1.55. The number of hydrogen-bond acceptors (Lipinski definition) is 6. The van der Waals surface area contributed by atoms with Crippen LogP contribution in [0.2, 0.25) is 0 Å². The summed E-state index contributed by atoms with van der Waals surface area (Å²) in [4.78, 5) is 28.0. The summed E-state index contributed by atoms with van der Waals surface area (Å²) in [5, 5.41) is 3.29. The molecule has 1 aromatic carbocycles. The molecular formula is C26H28F3N7O.